The Labute approximate surface area is 526 Å². The van der Waals surface area contributed by atoms with Crippen LogP contribution in [0.4, 0.5) is 0 Å². The predicted molar refractivity (Wildman–Crippen MR) is 370 cm³/mol. The Morgan fingerprint density at radius 3 is 0.905 bits per heavy atom. The minimum absolute atomic E-state index is 0.0166. The molecule has 0 spiro atoms. The molecule has 6 heteroatoms. The fourth-order valence-corrected chi connectivity index (χ4v) is 12.4. The number of hydrogen-bond acceptors (Lipinski definition) is 5. The van der Waals surface area contributed by atoms with Crippen LogP contribution in [0.15, 0.2) is 24.3 Å². The summed E-state index contributed by atoms with van der Waals surface area (Å²) >= 11 is 0. The molecule has 0 aliphatic carbocycles. The average Bonchev–Trinajstić information content (AvgIpc) is 3.51. The zero-order chi connectivity index (χ0) is 60.6. The van der Waals surface area contributed by atoms with Crippen molar-refractivity contribution in [3.05, 3.63) is 24.3 Å². The quantitative estimate of drug-likeness (QED) is 0.0320. The zero-order valence-electron chi connectivity index (χ0n) is 57.2. The number of hydrogen-bond donors (Lipinski definition) is 3. The van der Waals surface area contributed by atoms with E-state index in [4.69, 9.17) is 4.74 Å². The molecule has 0 aliphatic heterocycles. The number of unbranched alkanes of at least 4 members (excludes halogenated alkanes) is 58. The number of nitrogens with one attached hydrogen (secondary N) is 1. The fraction of sp³-hybridized carbons (Fsp3) is 0.923. The van der Waals surface area contributed by atoms with Crippen LogP contribution < -0.4 is 5.32 Å². The van der Waals surface area contributed by atoms with Gasteiger partial charge in [0.15, 0.2) is 0 Å². The van der Waals surface area contributed by atoms with Gasteiger partial charge in [0.05, 0.1) is 25.4 Å². The highest BCUT2D eigenvalue weighted by molar-refractivity contribution is 5.76. The first-order chi connectivity index (χ1) is 41.5. The number of carbonyl (C=O) groups is 2. The molecule has 1 amide bonds. The van der Waals surface area contributed by atoms with E-state index in [9.17, 15) is 19.8 Å². The van der Waals surface area contributed by atoms with Gasteiger partial charge in [0.1, 0.15) is 0 Å². The third-order valence-corrected chi connectivity index (χ3v) is 18.3. The molecule has 0 fully saturated rings. The lowest BCUT2D eigenvalue weighted by atomic mass is 10.0. The number of esters is 1. The summed E-state index contributed by atoms with van der Waals surface area (Å²) in [6.07, 6.45) is 94.0. The van der Waals surface area contributed by atoms with Gasteiger partial charge in [-0.15, -0.1) is 0 Å². The molecule has 0 aromatic heterocycles. The van der Waals surface area contributed by atoms with E-state index in [0.717, 1.165) is 44.9 Å². The van der Waals surface area contributed by atoms with Crippen LogP contribution >= 0.6 is 0 Å². The Kier molecular flexibility index (Phi) is 72.3. The topological polar surface area (TPSA) is 95.9 Å². The monoisotopic (exact) mass is 1180 g/mol. The molecule has 0 heterocycles. The van der Waals surface area contributed by atoms with Gasteiger partial charge in [0, 0.05) is 12.8 Å². The first-order valence-corrected chi connectivity index (χ1v) is 38.6. The first kappa shape index (κ1) is 82.3. The second kappa shape index (κ2) is 73.8. The SMILES string of the molecule is CCCCCCCCCCCCCCCCCCCCCCCC(O)C(CO)NC(=O)CCCCCCCCCCCCCCCCCCC/C=C\C/C=C\CCCCCCCCCCCOC(=O)CCCCCCCCCCCCCCC. The highest BCUT2D eigenvalue weighted by Crippen LogP contribution is 2.20. The lowest BCUT2D eigenvalue weighted by Gasteiger charge is -2.22. The minimum Gasteiger partial charge on any atom is -0.466 e. The number of ether oxygens (including phenoxy) is 1. The van der Waals surface area contributed by atoms with Crippen LogP contribution in [0.25, 0.3) is 0 Å². The van der Waals surface area contributed by atoms with Gasteiger partial charge in [-0.05, 0) is 57.8 Å². The highest BCUT2D eigenvalue weighted by Gasteiger charge is 2.20. The number of rotatable bonds is 73. The summed E-state index contributed by atoms with van der Waals surface area (Å²) < 4.78 is 5.49. The molecule has 0 aromatic rings. The molecule has 6 nitrogen and oxygen atoms in total. The van der Waals surface area contributed by atoms with Gasteiger partial charge in [-0.3, -0.25) is 9.59 Å². The van der Waals surface area contributed by atoms with Crippen molar-refractivity contribution in [2.45, 2.75) is 450 Å². The van der Waals surface area contributed by atoms with Crippen LogP contribution in [0.2, 0.25) is 0 Å². The van der Waals surface area contributed by atoms with Gasteiger partial charge in [0.2, 0.25) is 5.91 Å². The van der Waals surface area contributed by atoms with Crippen molar-refractivity contribution in [3.8, 4) is 0 Å². The summed E-state index contributed by atoms with van der Waals surface area (Å²) in [5.74, 6) is -0.0113. The maximum atomic E-state index is 12.6. The van der Waals surface area contributed by atoms with Crippen LogP contribution in [0, 0.1) is 0 Å². The molecule has 2 atom stereocenters. The number of aliphatic hydroxyl groups excluding tert-OH is 2. The Balaban J connectivity index is 3.38. The highest BCUT2D eigenvalue weighted by atomic mass is 16.5. The Morgan fingerprint density at radius 1 is 0.333 bits per heavy atom. The van der Waals surface area contributed by atoms with Crippen LogP contribution in [0.3, 0.4) is 0 Å². The van der Waals surface area contributed by atoms with Gasteiger partial charge in [-0.25, -0.2) is 0 Å². The molecule has 0 radical (unpaired) electrons. The Hall–Kier alpha value is -1.66. The normalized spacial score (nSPS) is 12.6. The van der Waals surface area contributed by atoms with Crippen LogP contribution in [-0.4, -0.2) is 47.4 Å². The standard InChI is InChI=1S/C78H151NO5/c1-3-5-7-9-11-13-15-17-18-19-20-34-37-40-43-47-50-54-58-62-66-70-76(81)75(74-80)79-77(82)71-67-63-59-55-51-48-44-41-38-35-32-30-28-26-24-22-21-23-25-27-29-31-33-36-39-42-45-49-53-57-61-65-69-73-84-78(83)72-68-64-60-56-52-46-16-14-12-10-8-6-4-2/h25,27,31,33,75-76,80-81H,3-24,26,28-30,32,34-74H2,1-2H3,(H,79,82)/b27-25-,33-31-. The number of amides is 1. The van der Waals surface area contributed by atoms with Gasteiger partial charge < -0.3 is 20.3 Å². The Morgan fingerprint density at radius 2 is 0.595 bits per heavy atom. The summed E-state index contributed by atoms with van der Waals surface area (Å²) in [5, 5.41) is 23.4. The molecule has 2 unspecified atom stereocenters. The van der Waals surface area contributed by atoms with Crippen molar-refractivity contribution in [1.29, 1.82) is 0 Å². The average molecular weight is 1180 g/mol. The van der Waals surface area contributed by atoms with E-state index in [-0.39, 0.29) is 18.5 Å². The van der Waals surface area contributed by atoms with Crippen LogP contribution in [-0.2, 0) is 14.3 Å². The molecule has 0 rings (SSSR count). The second-order valence-corrected chi connectivity index (χ2v) is 26.7. The Bertz CT molecular complexity index is 1320. The molecule has 0 aliphatic rings. The number of allylic oxidation sites excluding steroid dienone is 4. The molecule has 0 aromatic carbocycles. The van der Waals surface area contributed by atoms with Gasteiger partial charge in [-0.1, -0.05) is 391 Å². The molecular weight excluding hydrogens is 1030 g/mol. The summed E-state index contributed by atoms with van der Waals surface area (Å²) in [5.41, 5.74) is 0. The third kappa shape index (κ3) is 69.4. The van der Waals surface area contributed by atoms with Gasteiger partial charge in [-0.2, -0.15) is 0 Å². The van der Waals surface area contributed by atoms with E-state index < -0.39 is 12.1 Å². The van der Waals surface area contributed by atoms with E-state index in [1.807, 2.05) is 0 Å². The van der Waals surface area contributed by atoms with Gasteiger partial charge in [0.25, 0.3) is 0 Å². The van der Waals surface area contributed by atoms with Crippen molar-refractivity contribution < 1.29 is 24.5 Å². The predicted octanol–water partition coefficient (Wildman–Crippen LogP) is 25.3. The molecular formula is C78H151NO5. The molecule has 498 valence electrons. The number of carbonyl (C=O) groups excluding carboxylic acids is 2. The molecule has 0 bridgehead atoms. The molecule has 0 saturated carbocycles. The van der Waals surface area contributed by atoms with E-state index in [2.05, 4.69) is 43.5 Å². The van der Waals surface area contributed by atoms with E-state index >= 15 is 0 Å². The molecule has 84 heavy (non-hydrogen) atoms. The fourth-order valence-electron chi connectivity index (χ4n) is 12.4. The van der Waals surface area contributed by atoms with E-state index in [0.29, 0.717) is 25.9 Å². The van der Waals surface area contributed by atoms with Gasteiger partial charge >= 0.3 is 5.97 Å². The van der Waals surface area contributed by atoms with E-state index in [1.165, 1.54) is 360 Å². The third-order valence-electron chi connectivity index (χ3n) is 18.3. The van der Waals surface area contributed by atoms with Crippen LogP contribution in [0.1, 0.15) is 438 Å². The minimum atomic E-state index is -0.664. The van der Waals surface area contributed by atoms with E-state index in [1.54, 1.807) is 0 Å². The second-order valence-electron chi connectivity index (χ2n) is 26.7. The lowest BCUT2D eigenvalue weighted by molar-refractivity contribution is -0.143. The molecule has 3 N–H and O–H groups in total. The summed E-state index contributed by atoms with van der Waals surface area (Å²) in [6.45, 7) is 5.00. The first-order valence-electron chi connectivity index (χ1n) is 38.6. The summed E-state index contributed by atoms with van der Waals surface area (Å²) in [4.78, 5) is 24.6. The molecule has 0 saturated heterocycles. The smallest absolute Gasteiger partial charge is 0.305 e. The maximum absolute atomic E-state index is 12.6. The summed E-state index contributed by atoms with van der Waals surface area (Å²) in [6, 6.07) is -0.541. The maximum Gasteiger partial charge on any atom is 0.305 e. The van der Waals surface area contributed by atoms with Crippen molar-refractivity contribution >= 4 is 11.9 Å². The number of aliphatic hydroxyl groups is 2. The van der Waals surface area contributed by atoms with Crippen molar-refractivity contribution in [1.82, 2.24) is 5.32 Å². The van der Waals surface area contributed by atoms with Crippen molar-refractivity contribution in [3.63, 3.8) is 0 Å². The van der Waals surface area contributed by atoms with Crippen molar-refractivity contribution in [2.24, 2.45) is 0 Å². The lowest BCUT2D eigenvalue weighted by Crippen LogP contribution is -2.45. The zero-order valence-corrected chi connectivity index (χ0v) is 57.2. The summed E-state index contributed by atoms with van der Waals surface area (Å²) in [7, 11) is 0. The largest absolute Gasteiger partial charge is 0.466 e. The van der Waals surface area contributed by atoms with Crippen molar-refractivity contribution in [2.75, 3.05) is 13.2 Å². The van der Waals surface area contributed by atoms with Crippen LogP contribution in [0.5, 0.6) is 0 Å².